The van der Waals surface area contributed by atoms with Crippen molar-refractivity contribution in [2.75, 3.05) is 139 Å². The van der Waals surface area contributed by atoms with Gasteiger partial charge in [-0.3, -0.25) is 33.6 Å². The van der Waals surface area contributed by atoms with Gasteiger partial charge in [-0.2, -0.15) is 0 Å². The first-order valence-electron chi connectivity index (χ1n) is 42.1. The van der Waals surface area contributed by atoms with E-state index in [0.717, 1.165) is 74.9 Å². The largest absolute Gasteiger partial charge is 0.480 e. The first-order valence-corrected chi connectivity index (χ1v) is 45.4. The van der Waals surface area contributed by atoms with Crippen LogP contribution in [0.5, 0.6) is 23.0 Å². The quantitative estimate of drug-likeness (QED) is 0.00811. The number of rotatable bonds is 62. The van der Waals surface area contributed by atoms with Gasteiger partial charge in [0.15, 0.2) is 31.2 Å². The second kappa shape index (κ2) is 64.9. The standard InChI is InChI=1S/C44H60N4O14S.C28H32N2O7S.C13H25NO7.C4H9NO2/c1-44(2,3)62-43(54)11-6-4-5-8-33-12-14-35(15-13-33)61-36-16-18-37(19-17-36)63(55,56)32-39-47-28-34(29-48-39)38(49)9-7-10-40(50)45-20-22-57-24-26-59-30-41(51)46-21-23-58-25-27-60-31-42(52)53;1-28(2,3)37-26(31)8-6-4-5-7-20-9-11-22(12-10-20)36-23-13-15-24(16-14-23)38(34,35)19-25-29-17-21(18-30-25)27(32)33;14-3-5-19-7-8-20-10-12(15)2-1-4-18-6-9-21-11-13(16)17;1-7-4(6)2-3-5/h12-19,28-29H,4-11,20-27,30-32H2,1-3H3,(H,45,50)(H,46,51)(H,52,53);9-18H,4-8,19H2,1-3H3,(H,32,33);1-11,14H2,(H,16,17);2-3,5H2,1H3. The lowest BCUT2D eigenvalue weighted by Crippen LogP contribution is -2.31. The maximum absolute atomic E-state index is 13.1. The number of benzene rings is 4. The molecule has 0 aliphatic heterocycles. The molecular formula is C89H126N8O30S2. The van der Waals surface area contributed by atoms with Gasteiger partial charge >= 0.3 is 35.8 Å². The zero-order chi connectivity index (χ0) is 95.1. The van der Waals surface area contributed by atoms with Crippen molar-refractivity contribution in [1.82, 2.24) is 30.6 Å². The molecule has 4 aromatic carbocycles. The van der Waals surface area contributed by atoms with Crippen LogP contribution in [0.2, 0.25) is 0 Å². The van der Waals surface area contributed by atoms with Crippen LogP contribution in [0.4, 0.5) is 0 Å². The van der Waals surface area contributed by atoms with Gasteiger partial charge in [0.05, 0.1) is 107 Å². The van der Waals surface area contributed by atoms with Crippen molar-refractivity contribution < 1.29 is 142 Å². The highest BCUT2D eigenvalue weighted by Gasteiger charge is 2.22. The van der Waals surface area contributed by atoms with Crippen LogP contribution in [0.25, 0.3) is 0 Å². The maximum Gasteiger partial charge on any atom is 0.338 e. The fraction of sp³-hybridized carbons (Fsp3) is 0.528. The van der Waals surface area contributed by atoms with Gasteiger partial charge in [-0.15, -0.1) is 0 Å². The molecule has 0 radical (unpaired) electrons. The Morgan fingerprint density at radius 3 is 1.14 bits per heavy atom. The molecule has 0 saturated carbocycles. The number of nitrogens with zero attached hydrogens (tertiary/aromatic N) is 4. The molecular weight excluding hydrogens is 1730 g/mol. The number of carboxylic acid groups (broad SMARTS) is 3. The number of aromatic carboxylic acids is 1. The molecule has 0 aliphatic rings. The Morgan fingerprint density at radius 1 is 0.372 bits per heavy atom. The third-order valence-electron chi connectivity index (χ3n) is 16.8. The molecule has 6 aromatic rings. The van der Waals surface area contributed by atoms with Gasteiger partial charge in [-0.25, -0.2) is 51.2 Å². The highest BCUT2D eigenvalue weighted by atomic mass is 32.2. The van der Waals surface area contributed by atoms with Gasteiger partial charge in [-0.05, 0) is 177 Å². The zero-order valence-corrected chi connectivity index (χ0v) is 76.2. The van der Waals surface area contributed by atoms with E-state index in [4.69, 9.17) is 83.6 Å². The van der Waals surface area contributed by atoms with Crippen LogP contribution in [0.3, 0.4) is 0 Å². The minimum atomic E-state index is -3.80. The molecule has 9 N–H and O–H groups in total. The van der Waals surface area contributed by atoms with E-state index in [-0.39, 0.29) is 172 Å². The number of carboxylic acids is 3. The summed E-state index contributed by atoms with van der Waals surface area (Å²) >= 11 is 0. The number of aryl methyl sites for hydroxylation is 2. The first kappa shape index (κ1) is 112. The van der Waals surface area contributed by atoms with Crippen molar-refractivity contribution in [3.63, 3.8) is 0 Å². The fourth-order valence-electron chi connectivity index (χ4n) is 10.6. The van der Waals surface area contributed by atoms with Crippen molar-refractivity contribution >= 4 is 78.9 Å². The van der Waals surface area contributed by atoms with E-state index in [0.29, 0.717) is 101 Å². The molecule has 6 rings (SSSR count). The van der Waals surface area contributed by atoms with E-state index in [1.165, 1.54) is 43.8 Å². The summed E-state index contributed by atoms with van der Waals surface area (Å²) in [5, 5.41) is 31.0. The van der Waals surface area contributed by atoms with Gasteiger partial charge in [-0.1, -0.05) is 37.1 Å². The highest BCUT2D eigenvalue weighted by Crippen LogP contribution is 2.28. The number of hydrogen-bond acceptors (Lipinski definition) is 33. The molecule has 2 heterocycles. The molecule has 0 spiro atoms. The minimum absolute atomic E-state index is 0.0125. The van der Waals surface area contributed by atoms with E-state index in [2.05, 4.69) is 35.3 Å². The van der Waals surface area contributed by atoms with Gasteiger partial charge in [0.2, 0.25) is 11.8 Å². The fourth-order valence-corrected chi connectivity index (χ4v) is 13.0. The summed E-state index contributed by atoms with van der Waals surface area (Å²) in [5.41, 5.74) is 11.7. The van der Waals surface area contributed by atoms with Crippen LogP contribution in [0, 0.1) is 0 Å². The summed E-state index contributed by atoms with van der Waals surface area (Å²) in [6.45, 7) is 15.2. The maximum atomic E-state index is 13.1. The Morgan fingerprint density at radius 2 is 0.752 bits per heavy atom. The number of ketones is 2. The van der Waals surface area contributed by atoms with E-state index in [1.54, 1.807) is 24.3 Å². The number of carbonyl (C=O) groups is 10. The number of nitrogens with one attached hydrogen (secondary N) is 2. The number of aromatic nitrogens is 4. The van der Waals surface area contributed by atoms with E-state index >= 15 is 0 Å². The Labute approximate surface area is 753 Å². The normalized spacial score (nSPS) is 11.2. The molecule has 0 fully saturated rings. The average molecular weight is 1850 g/mol. The molecule has 714 valence electrons. The number of Topliss-reactive ketones (excluding diaryl/α,β-unsaturated/α-hetero) is 2. The van der Waals surface area contributed by atoms with E-state index in [1.807, 2.05) is 90.1 Å². The minimum Gasteiger partial charge on any atom is -0.480 e. The number of esters is 3. The van der Waals surface area contributed by atoms with Crippen molar-refractivity contribution in [3.8, 4) is 23.0 Å². The van der Waals surface area contributed by atoms with Crippen LogP contribution in [0.15, 0.2) is 132 Å². The van der Waals surface area contributed by atoms with Crippen LogP contribution in [-0.4, -0.2) is 261 Å². The Bertz CT molecular complexity index is 4500. The summed E-state index contributed by atoms with van der Waals surface area (Å²) in [6, 6.07) is 27.4. The second-order valence-electron chi connectivity index (χ2n) is 30.3. The molecule has 2 aromatic heterocycles. The monoisotopic (exact) mass is 1850 g/mol. The molecule has 0 unspecified atom stereocenters. The topological polar surface area (TPSA) is 547 Å². The predicted molar refractivity (Wildman–Crippen MR) is 470 cm³/mol. The summed E-state index contributed by atoms with van der Waals surface area (Å²) in [7, 11) is -6.18. The van der Waals surface area contributed by atoms with E-state index < -0.39 is 66.9 Å². The molecule has 2 amide bonds. The Balaban J connectivity index is 0.000000543. The van der Waals surface area contributed by atoms with Gasteiger partial charge < -0.3 is 99.0 Å². The molecule has 0 bridgehead atoms. The van der Waals surface area contributed by atoms with Gasteiger partial charge in [0.1, 0.15) is 83.8 Å². The molecule has 0 saturated heterocycles. The SMILES string of the molecule is CC(C)(C)OC(=O)CCCCCc1ccc(Oc2ccc(S(=O)(=O)Cc3ncc(C(=O)CCCC(=O)NCCOCCOCC(=O)NCCOCCOCC(=O)O)cn3)cc2)cc1.CC(C)(C)OC(=O)CCCCCc1ccc(Oc2ccc(S(=O)(=O)Cc3ncc(C(=O)O)cn3)cc2)cc1.COC(=O)CCN.NCCOCCOCC(=O)CCCOCCOCC(=O)O. The number of nitrogens with two attached hydrogens (primary N) is 2. The summed E-state index contributed by atoms with van der Waals surface area (Å²) in [5.74, 6) is -3.35. The highest BCUT2D eigenvalue weighted by molar-refractivity contribution is 7.91. The lowest BCUT2D eigenvalue weighted by molar-refractivity contribution is -0.156. The zero-order valence-electron chi connectivity index (χ0n) is 74.5. The first-order chi connectivity index (χ1) is 61.5. The lowest BCUT2D eigenvalue weighted by Gasteiger charge is -2.19. The number of aliphatic carboxylic acids is 2. The summed E-state index contributed by atoms with van der Waals surface area (Å²) in [6.07, 6.45) is 14.4. The summed E-state index contributed by atoms with van der Waals surface area (Å²) < 4.78 is 119. The smallest absolute Gasteiger partial charge is 0.338 e. The number of unbranched alkanes of at least 4 members (excludes halogenated alkanes) is 4. The molecule has 129 heavy (non-hydrogen) atoms. The molecule has 0 aliphatic carbocycles. The van der Waals surface area contributed by atoms with Crippen LogP contribution >= 0.6 is 0 Å². The van der Waals surface area contributed by atoms with Crippen molar-refractivity contribution in [3.05, 3.63) is 156 Å². The van der Waals surface area contributed by atoms with E-state index in [9.17, 15) is 64.8 Å². The number of hydrogen-bond donors (Lipinski definition) is 7. The predicted octanol–water partition coefficient (Wildman–Crippen LogP) is 8.76. The van der Waals surface area contributed by atoms with Crippen molar-refractivity contribution in [2.45, 2.75) is 177 Å². The second-order valence-corrected chi connectivity index (χ2v) is 34.3. The average Bonchev–Trinajstić information content (AvgIpc) is 0.825. The molecule has 40 heteroatoms. The van der Waals surface area contributed by atoms with Crippen molar-refractivity contribution in [2.24, 2.45) is 11.5 Å². The van der Waals surface area contributed by atoms with Gasteiger partial charge in [0, 0.05) is 89.7 Å². The Kier molecular flexibility index (Phi) is 56.5. The van der Waals surface area contributed by atoms with Crippen molar-refractivity contribution in [1.29, 1.82) is 0 Å². The lowest BCUT2D eigenvalue weighted by atomic mass is 10.1. The molecule has 38 nitrogen and oxygen atoms in total. The number of ether oxygens (including phenoxy) is 13. The van der Waals surface area contributed by atoms with Gasteiger partial charge in [0.25, 0.3) is 0 Å². The van der Waals surface area contributed by atoms with Crippen LogP contribution in [-0.2, 0) is 134 Å². The number of methoxy groups -OCH3 is 1. The third-order valence-corrected chi connectivity index (χ3v) is 20.1. The van der Waals surface area contributed by atoms with Crippen LogP contribution in [0.1, 0.15) is 175 Å². The summed E-state index contributed by atoms with van der Waals surface area (Å²) in [4.78, 5) is 129. The Hall–Kier alpha value is -10.8. The number of carbonyl (C=O) groups excluding carboxylic acids is 7. The molecule has 0 atom stereocenters. The number of amides is 2. The number of sulfone groups is 2. The third kappa shape index (κ3) is 57.0. The van der Waals surface area contributed by atoms with Crippen LogP contribution < -0.4 is 31.6 Å².